The summed E-state index contributed by atoms with van der Waals surface area (Å²) in [5.74, 6) is 1.84. The van der Waals surface area contributed by atoms with E-state index in [0.717, 1.165) is 23.9 Å². The lowest BCUT2D eigenvalue weighted by molar-refractivity contribution is -0.121. The molecule has 18 heavy (non-hydrogen) atoms. The van der Waals surface area contributed by atoms with Crippen LogP contribution in [-0.4, -0.2) is 10.9 Å². The Bertz CT molecular complexity index is 431. The summed E-state index contributed by atoms with van der Waals surface area (Å²) >= 11 is 1.57. The summed E-state index contributed by atoms with van der Waals surface area (Å²) in [6, 6.07) is 0. The normalized spacial score (nSPS) is 28.1. The van der Waals surface area contributed by atoms with Crippen LogP contribution >= 0.6 is 11.3 Å². The van der Waals surface area contributed by atoms with E-state index in [1.54, 1.807) is 11.3 Å². The molecular formula is C14H20N2OS. The van der Waals surface area contributed by atoms with Gasteiger partial charge < -0.3 is 5.32 Å². The summed E-state index contributed by atoms with van der Waals surface area (Å²) in [7, 11) is 0. The number of amides is 1. The molecule has 4 heteroatoms. The second-order valence-electron chi connectivity index (χ2n) is 5.80. The minimum absolute atomic E-state index is 0.179. The first-order valence-corrected chi connectivity index (χ1v) is 7.86. The number of rotatable bonds is 3. The highest BCUT2D eigenvalue weighted by Crippen LogP contribution is 2.41. The predicted molar refractivity (Wildman–Crippen MR) is 73.8 cm³/mol. The van der Waals surface area contributed by atoms with Crippen LogP contribution in [-0.2, 0) is 4.79 Å². The smallest absolute Gasteiger partial charge is 0.229 e. The molecule has 0 spiro atoms. The van der Waals surface area contributed by atoms with Crippen molar-refractivity contribution in [3.8, 4) is 0 Å². The molecule has 0 radical (unpaired) electrons. The lowest BCUT2D eigenvalue weighted by Crippen LogP contribution is -2.26. The fraction of sp³-hybridized carbons (Fsp3) is 0.714. The number of hydrogen-bond acceptors (Lipinski definition) is 3. The van der Waals surface area contributed by atoms with Crippen molar-refractivity contribution in [2.24, 2.45) is 11.8 Å². The highest BCUT2D eigenvalue weighted by molar-refractivity contribution is 7.13. The SMILES string of the molecule is CC1CCC(C(=O)Nc2nc(C3CC3)cs2)CC1. The van der Waals surface area contributed by atoms with Crippen LogP contribution in [0.15, 0.2) is 5.38 Å². The first-order chi connectivity index (χ1) is 8.72. The molecule has 3 nitrogen and oxygen atoms in total. The Morgan fingerprint density at radius 1 is 1.28 bits per heavy atom. The second kappa shape index (κ2) is 5.00. The molecule has 1 aromatic heterocycles. The Kier molecular flexibility index (Phi) is 3.37. The van der Waals surface area contributed by atoms with Crippen molar-refractivity contribution in [2.75, 3.05) is 5.32 Å². The van der Waals surface area contributed by atoms with Gasteiger partial charge in [-0.3, -0.25) is 4.79 Å². The molecule has 0 aliphatic heterocycles. The third-order valence-corrected chi connectivity index (χ3v) is 4.91. The van der Waals surface area contributed by atoms with Gasteiger partial charge in [0.25, 0.3) is 0 Å². The molecule has 0 aromatic carbocycles. The van der Waals surface area contributed by atoms with E-state index in [-0.39, 0.29) is 11.8 Å². The number of carbonyl (C=O) groups excluding carboxylic acids is 1. The summed E-state index contributed by atoms with van der Waals surface area (Å²) < 4.78 is 0. The van der Waals surface area contributed by atoms with Crippen LogP contribution in [0.5, 0.6) is 0 Å². The fourth-order valence-electron chi connectivity index (χ4n) is 2.64. The largest absolute Gasteiger partial charge is 0.302 e. The molecule has 1 heterocycles. The lowest BCUT2D eigenvalue weighted by Gasteiger charge is -2.24. The highest BCUT2D eigenvalue weighted by Gasteiger charge is 2.28. The van der Waals surface area contributed by atoms with Crippen LogP contribution in [0.4, 0.5) is 5.13 Å². The van der Waals surface area contributed by atoms with E-state index in [4.69, 9.17) is 0 Å². The van der Waals surface area contributed by atoms with Crippen molar-refractivity contribution in [3.63, 3.8) is 0 Å². The van der Waals surface area contributed by atoms with Gasteiger partial charge in [0.15, 0.2) is 5.13 Å². The first kappa shape index (κ1) is 12.2. The van der Waals surface area contributed by atoms with Gasteiger partial charge in [0.05, 0.1) is 5.69 Å². The molecule has 2 aliphatic rings. The summed E-state index contributed by atoms with van der Waals surface area (Å²) in [4.78, 5) is 16.6. The van der Waals surface area contributed by atoms with Crippen molar-refractivity contribution in [3.05, 3.63) is 11.1 Å². The lowest BCUT2D eigenvalue weighted by atomic mass is 9.82. The zero-order valence-corrected chi connectivity index (χ0v) is 11.6. The molecule has 2 saturated carbocycles. The predicted octanol–water partition coefficient (Wildman–Crippen LogP) is 3.79. The van der Waals surface area contributed by atoms with E-state index < -0.39 is 0 Å². The van der Waals surface area contributed by atoms with E-state index in [2.05, 4.69) is 22.6 Å². The molecule has 0 saturated heterocycles. The van der Waals surface area contributed by atoms with Crippen molar-refractivity contribution >= 4 is 22.4 Å². The van der Waals surface area contributed by atoms with Crippen molar-refractivity contribution < 1.29 is 4.79 Å². The highest BCUT2D eigenvalue weighted by atomic mass is 32.1. The summed E-state index contributed by atoms with van der Waals surface area (Å²) in [5.41, 5.74) is 1.17. The van der Waals surface area contributed by atoms with Crippen LogP contribution in [0.1, 0.15) is 57.1 Å². The number of thiazole rings is 1. The van der Waals surface area contributed by atoms with Gasteiger partial charge in [-0.25, -0.2) is 4.98 Å². The van der Waals surface area contributed by atoms with Crippen molar-refractivity contribution in [2.45, 2.75) is 51.4 Å². The maximum absolute atomic E-state index is 12.1. The monoisotopic (exact) mass is 264 g/mol. The summed E-state index contributed by atoms with van der Waals surface area (Å²) in [6.45, 7) is 2.27. The molecule has 3 rings (SSSR count). The van der Waals surface area contributed by atoms with E-state index in [1.807, 2.05) is 0 Å². The average molecular weight is 264 g/mol. The molecule has 1 N–H and O–H groups in total. The molecule has 98 valence electrons. The first-order valence-electron chi connectivity index (χ1n) is 6.98. The summed E-state index contributed by atoms with van der Waals surface area (Å²) in [5, 5.41) is 5.88. The van der Waals surface area contributed by atoms with Crippen LogP contribution in [0.2, 0.25) is 0 Å². The molecule has 0 bridgehead atoms. The van der Waals surface area contributed by atoms with Crippen LogP contribution in [0.25, 0.3) is 0 Å². The topological polar surface area (TPSA) is 42.0 Å². The number of hydrogen-bond donors (Lipinski definition) is 1. The number of nitrogens with zero attached hydrogens (tertiary/aromatic N) is 1. The van der Waals surface area contributed by atoms with Gasteiger partial charge >= 0.3 is 0 Å². The van der Waals surface area contributed by atoms with Gasteiger partial charge in [-0.2, -0.15) is 0 Å². The molecular weight excluding hydrogens is 244 g/mol. The van der Waals surface area contributed by atoms with E-state index in [9.17, 15) is 4.79 Å². The molecule has 0 unspecified atom stereocenters. The van der Waals surface area contributed by atoms with Crippen LogP contribution in [0.3, 0.4) is 0 Å². The number of carbonyl (C=O) groups is 1. The van der Waals surface area contributed by atoms with Crippen molar-refractivity contribution in [1.82, 2.24) is 4.98 Å². The summed E-state index contributed by atoms with van der Waals surface area (Å²) in [6.07, 6.45) is 6.96. The van der Waals surface area contributed by atoms with E-state index in [1.165, 1.54) is 31.4 Å². The van der Waals surface area contributed by atoms with Gasteiger partial charge in [-0.1, -0.05) is 6.92 Å². The maximum Gasteiger partial charge on any atom is 0.229 e. The third kappa shape index (κ3) is 2.74. The molecule has 1 amide bonds. The average Bonchev–Trinajstić information content (AvgIpc) is 3.11. The van der Waals surface area contributed by atoms with Crippen molar-refractivity contribution in [1.29, 1.82) is 0 Å². The Hall–Kier alpha value is -0.900. The van der Waals surface area contributed by atoms with Gasteiger partial charge in [0.2, 0.25) is 5.91 Å². The fourth-order valence-corrected chi connectivity index (χ4v) is 3.44. The molecule has 2 aliphatic carbocycles. The molecule has 0 atom stereocenters. The van der Waals surface area contributed by atoms with Gasteiger partial charge in [0, 0.05) is 17.2 Å². The van der Waals surface area contributed by atoms with Gasteiger partial charge in [0.1, 0.15) is 0 Å². The minimum Gasteiger partial charge on any atom is -0.302 e. The Morgan fingerprint density at radius 3 is 2.67 bits per heavy atom. The van der Waals surface area contributed by atoms with Crippen LogP contribution < -0.4 is 5.32 Å². The molecule has 2 fully saturated rings. The number of aromatic nitrogens is 1. The molecule has 1 aromatic rings. The maximum atomic E-state index is 12.1. The second-order valence-corrected chi connectivity index (χ2v) is 6.66. The number of nitrogens with one attached hydrogen (secondary N) is 1. The Morgan fingerprint density at radius 2 is 2.00 bits per heavy atom. The van der Waals surface area contributed by atoms with E-state index in [0.29, 0.717) is 5.92 Å². The third-order valence-electron chi connectivity index (χ3n) is 4.13. The quantitative estimate of drug-likeness (QED) is 0.902. The Balaban J connectivity index is 1.56. The Labute approximate surface area is 112 Å². The standard InChI is InChI=1S/C14H20N2OS/c1-9-2-4-11(5-3-9)13(17)16-14-15-12(8-18-14)10-6-7-10/h8-11H,2-7H2,1H3,(H,15,16,17). The van der Waals surface area contributed by atoms with Gasteiger partial charge in [-0.15, -0.1) is 11.3 Å². The zero-order chi connectivity index (χ0) is 12.5. The van der Waals surface area contributed by atoms with Crippen LogP contribution in [0, 0.1) is 11.8 Å². The van der Waals surface area contributed by atoms with E-state index >= 15 is 0 Å². The number of anilines is 1. The van der Waals surface area contributed by atoms with Gasteiger partial charge in [-0.05, 0) is 44.4 Å². The zero-order valence-electron chi connectivity index (χ0n) is 10.8. The minimum atomic E-state index is 0.179.